The first-order chi connectivity index (χ1) is 14.9. The second kappa shape index (κ2) is 9.51. The number of hydrogen-bond acceptors (Lipinski definition) is 5. The number of hydrogen-bond donors (Lipinski definition) is 0. The summed E-state index contributed by atoms with van der Waals surface area (Å²) in [7, 11) is -0.523. The Balaban J connectivity index is 1.75. The summed E-state index contributed by atoms with van der Waals surface area (Å²) < 4.78 is 33.9. The summed E-state index contributed by atoms with van der Waals surface area (Å²) in [4.78, 5) is 17.6. The molecule has 2 aromatic rings. The zero-order valence-corrected chi connectivity index (χ0v) is 21.0. The van der Waals surface area contributed by atoms with Crippen molar-refractivity contribution in [2.45, 2.75) is 77.8 Å². The Bertz CT molecular complexity index is 1060. The highest BCUT2D eigenvalue weighted by Crippen LogP contribution is 2.40. The minimum absolute atomic E-state index is 0.0468. The molecule has 0 unspecified atom stereocenters. The highest BCUT2D eigenvalue weighted by Gasteiger charge is 2.33. The molecule has 8 heteroatoms. The van der Waals surface area contributed by atoms with Crippen LogP contribution in [0.25, 0.3) is 11.0 Å². The fraction of sp³-hybridized carbons (Fsp3) is 0.667. The van der Waals surface area contributed by atoms with E-state index in [2.05, 4.69) is 32.7 Å². The zero-order valence-electron chi connectivity index (χ0n) is 20.2. The lowest BCUT2D eigenvalue weighted by atomic mass is 9.70. The van der Waals surface area contributed by atoms with Crippen LogP contribution in [-0.4, -0.2) is 42.3 Å². The van der Waals surface area contributed by atoms with Gasteiger partial charge in [0.25, 0.3) is 0 Å². The molecule has 0 bridgehead atoms. The fourth-order valence-electron chi connectivity index (χ4n) is 4.56. The molecule has 32 heavy (non-hydrogen) atoms. The lowest BCUT2D eigenvalue weighted by molar-refractivity contribution is -0.152. The summed E-state index contributed by atoms with van der Waals surface area (Å²) in [5, 5.41) is 0. The van der Waals surface area contributed by atoms with E-state index >= 15 is 0 Å². The minimum Gasteiger partial charge on any atom is -0.457 e. The molecule has 1 aromatic carbocycles. The van der Waals surface area contributed by atoms with Gasteiger partial charge in [0.2, 0.25) is 10.0 Å². The molecule has 1 heterocycles. The van der Waals surface area contributed by atoms with Gasteiger partial charge < -0.3 is 9.30 Å². The van der Waals surface area contributed by atoms with Gasteiger partial charge in [-0.15, -0.1) is 0 Å². The Labute approximate surface area is 192 Å². The van der Waals surface area contributed by atoms with Crippen LogP contribution in [0.5, 0.6) is 0 Å². The number of fused-ring (bicyclic) bond motifs is 1. The van der Waals surface area contributed by atoms with E-state index < -0.39 is 10.0 Å². The topological polar surface area (TPSA) is 81.5 Å². The van der Waals surface area contributed by atoms with E-state index in [4.69, 9.17) is 4.74 Å². The van der Waals surface area contributed by atoms with E-state index in [0.717, 1.165) is 44.2 Å². The van der Waals surface area contributed by atoms with Crippen LogP contribution in [0.2, 0.25) is 0 Å². The summed E-state index contributed by atoms with van der Waals surface area (Å²) in [6.45, 7) is 9.69. The van der Waals surface area contributed by atoms with Gasteiger partial charge in [-0.3, -0.25) is 4.79 Å². The van der Waals surface area contributed by atoms with Gasteiger partial charge in [0.1, 0.15) is 12.4 Å². The Kier molecular flexibility index (Phi) is 7.34. The molecule has 0 N–H and O–H groups in total. The maximum Gasteiger partial charge on any atom is 0.309 e. The van der Waals surface area contributed by atoms with Crippen LogP contribution in [0.15, 0.2) is 23.1 Å². The Morgan fingerprint density at radius 3 is 2.41 bits per heavy atom. The standard InChI is InChI=1S/C24H37N3O4S/c1-7-14-27-21-13-12-19(32(29,30)26(5)6)15-20(21)25-22(27)16-31-23(28)17-8-10-18(11-9-17)24(2,3)4/h12-13,15,17-18H,7-11,14,16H2,1-6H3. The molecule has 0 atom stereocenters. The molecule has 1 aliphatic carbocycles. The third-order valence-corrected chi connectivity index (χ3v) is 8.46. The van der Waals surface area contributed by atoms with Crippen LogP contribution < -0.4 is 0 Å². The number of esters is 1. The third-order valence-electron chi connectivity index (χ3n) is 6.65. The molecule has 0 amide bonds. The van der Waals surface area contributed by atoms with Gasteiger partial charge >= 0.3 is 5.97 Å². The summed E-state index contributed by atoms with van der Waals surface area (Å²) in [6.07, 6.45) is 4.75. The maximum absolute atomic E-state index is 12.7. The molecule has 7 nitrogen and oxygen atoms in total. The lowest BCUT2D eigenvalue weighted by Crippen LogP contribution is -2.29. The van der Waals surface area contributed by atoms with E-state index in [1.807, 2.05) is 4.57 Å². The molecule has 0 aliphatic heterocycles. The van der Waals surface area contributed by atoms with Crippen molar-refractivity contribution in [2.24, 2.45) is 17.3 Å². The summed E-state index contributed by atoms with van der Waals surface area (Å²) >= 11 is 0. The number of benzene rings is 1. The Morgan fingerprint density at radius 1 is 1.19 bits per heavy atom. The van der Waals surface area contributed by atoms with Gasteiger partial charge in [-0.25, -0.2) is 17.7 Å². The van der Waals surface area contributed by atoms with Crippen molar-refractivity contribution in [3.8, 4) is 0 Å². The van der Waals surface area contributed by atoms with Crippen molar-refractivity contribution in [1.82, 2.24) is 13.9 Å². The average Bonchev–Trinajstić information content (AvgIpc) is 3.08. The van der Waals surface area contributed by atoms with E-state index in [1.54, 1.807) is 18.2 Å². The lowest BCUT2D eigenvalue weighted by Gasteiger charge is -2.36. The van der Waals surface area contributed by atoms with Crippen molar-refractivity contribution in [3.63, 3.8) is 0 Å². The third kappa shape index (κ3) is 5.17. The second-order valence-electron chi connectivity index (χ2n) is 10.1. The first-order valence-electron chi connectivity index (χ1n) is 11.5. The number of carbonyl (C=O) groups is 1. The molecule has 0 spiro atoms. The van der Waals surface area contributed by atoms with Crippen LogP contribution in [0, 0.1) is 17.3 Å². The van der Waals surface area contributed by atoms with Crippen molar-refractivity contribution < 1.29 is 17.9 Å². The Morgan fingerprint density at radius 2 is 1.84 bits per heavy atom. The van der Waals surface area contributed by atoms with Gasteiger partial charge in [-0.1, -0.05) is 27.7 Å². The Hall–Kier alpha value is -1.93. The predicted octanol–water partition coefficient (Wildman–Crippen LogP) is 4.59. The SMILES string of the molecule is CCCn1c(COC(=O)C2CCC(C(C)(C)C)CC2)nc2cc(S(=O)(=O)N(C)C)ccc21. The molecule has 0 radical (unpaired) electrons. The summed E-state index contributed by atoms with van der Waals surface area (Å²) in [5.41, 5.74) is 1.72. The van der Waals surface area contributed by atoms with Gasteiger partial charge in [-0.05, 0) is 61.6 Å². The zero-order chi connectivity index (χ0) is 23.7. The second-order valence-corrected chi connectivity index (χ2v) is 12.3. The van der Waals surface area contributed by atoms with E-state index in [0.29, 0.717) is 17.3 Å². The summed E-state index contributed by atoms with van der Waals surface area (Å²) in [6, 6.07) is 4.98. The van der Waals surface area contributed by atoms with Gasteiger partial charge in [0.05, 0.1) is 21.8 Å². The molecule has 0 saturated heterocycles. The summed E-state index contributed by atoms with van der Waals surface area (Å²) in [5.74, 6) is 1.10. The molecule has 1 aliphatic rings. The van der Waals surface area contributed by atoms with E-state index in [9.17, 15) is 13.2 Å². The molecule has 1 aromatic heterocycles. The number of rotatable bonds is 7. The predicted molar refractivity (Wildman–Crippen MR) is 126 cm³/mol. The molecule has 3 rings (SSSR count). The van der Waals surface area contributed by atoms with Crippen LogP contribution in [0.4, 0.5) is 0 Å². The number of nitrogens with zero attached hydrogens (tertiary/aromatic N) is 3. The number of ether oxygens (including phenoxy) is 1. The van der Waals surface area contributed by atoms with Crippen LogP contribution in [-0.2, 0) is 32.7 Å². The van der Waals surface area contributed by atoms with Crippen molar-refractivity contribution in [3.05, 3.63) is 24.0 Å². The van der Waals surface area contributed by atoms with Gasteiger partial charge in [0, 0.05) is 20.6 Å². The molecular formula is C24H37N3O4S. The normalized spacial score (nSPS) is 20.1. The smallest absolute Gasteiger partial charge is 0.309 e. The molecule has 1 saturated carbocycles. The monoisotopic (exact) mass is 463 g/mol. The number of aryl methyl sites for hydroxylation is 1. The quantitative estimate of drug-likeness (QED) is 0.561. The first kappa shape index (κ1) is 24.7. The highest BCUT2D eigenvalue weighted by molar-refractivity contribution is 7.89. The van der Waals surface area contributed by atoms with E-state index in [-0.39, 0.29) is 28.8 Å². The largest absolute Gasteiger partial charge is 0.457 e. The average molecular weight is 464 g/mol. The maximum atomic E-state index is 12.7. The molecule has 178 valence electrons. The van der Waals surface area contributed by atoms with Crippen LogP contribution in [0.1, 0.15) is 65.6 Å². The number of imidazole rings is 1. The van der Waals surface area contributed by atoms with Crippen molar-refractivity contribution in [2.75, 3.05) is 14.1 Å². The van der Waals surface area contributed by atoms with Crippen LogP contribution in [0.3, 0.4) is 0 Å². The van der Waals surface area contributed by atoms with Gasteiger partial charge in [0.15, 0.2) is 0 Å². The fourth-order valence-corrected chi connectivity index (χ4v) is 5.48. The van der Waals surface area contributed by atoms with Crippen LogP contribution >= 0.6 is 0 Å². The van der Waals surface area contributed by atoms with Crippen molar-refractivity contribution in [1.29, 1.82) is 0 Å². The number of sulfonamides is 1. The van der Waals surface area contributed by atoms with E-state index in [1.165, 1.54) is 18.4 Å². The minimum atomic E-state index is -3.54. The number of aromatic nitrogens is 2. The first-order valence-corrected chi connectivity index (χ1v) is 13.0. The molecule has 1 fully saturated rings. The highest BCUT2D eigenvalue weighted by atomic mass is 32.2. The molecular weight excluding hydrogens is 426 g/mol. The number of carbonyl (C=O) groups excluding carboxylic acids is 1. The van der Waals surface area contributed by atoms with Gasteiger partial charge in [-0.2, -0.15) is 0 Å². The van der Waals surface area contributed by atoms with Crippen molar-refractivity contribution >= 4 is 27.0 Å².